The molecule has 2 aromatic rings. The van der Waals surface area contributed by atoms with Crippen molar-refractivity contribution in [2.45, 2.75) is 45.2 Å². The summed E-state index contributed by atoms with van der Waals surface area (Å²) >= 11 is 0. The molecule has 1 saturated carbocycles. The lowest BCUT2D eigenvalue weighted by Crippen LogP contribution is -2.46. The molecule has 0 aromatic heterocycles. The summed E-state index contributed by atoms with van der Waals surface area (Å²) < 4.78 is 0. The minimum atomic E-state index is -0.252. The number of nitrogens with one attached hydrogen (secondary N) is 3. The monoisotopic (exact) mass is 432 g/mol. The molecule has 0 radical (unpaired) electrons. The number of carbonyl (C=O) groups excluding carboxylic acids is 2. The number of aryl methyl sites for hydroxylation is 2. The second kappa shape index (κ2) is 8.58. The predicted octanol–water partition coefficient (Wildman–Crippen LogP) is 2.95. The number of nitrogens with zero attached hydrogens (tertiary/aromatic N) is 1. The number of benzene rings is 2. The Morgan fingerprint density at radius 1 is 1.06 bits per heavy atom. The van der Waals surface area contributed by atoms with Gasteiger partial charge in [-0.3, -0.25) is 9.59 Å². The van der Waals surface area contributed by atoms with Gasteiger partial charge in [-0.25, -0.2) is 0 Å². The molecule has 2 fully saturated rings. The number of para-hydroxylation sites is 1. The minimum absolute atomic E-state index is 0.0377. The molecule has 2 atom stereocenters. The fourth-order valence-electron chi connectivity index (χ4n) is 5.00. The summed E-state index contributed by atoms with van der Waals surface area (Å²) in [7, 11) is 0. The third kappa shape index (κ3) is 4.11. The lowest BCUT2D eigenvalue weighted by molar-refractivity contribution is -0.122. The molecule has 32 heavy (non-hydrogen) atoms. The van der Waals surface area contributed by atoms with Gasteiger partial charge in [-0.1, -0.05) is 24.3 Å². The first-order chi connectivity index (χ1) is 15.5. The fourth-order valence-corrected chi connectivity index (χ4v) is 5.00. The molecule has 1 saturated heterocycles. The van der Waals surface area contributed by atoms with Crippen molar-refractivity contribution in [1.82, 2.24) is 15.5 Å². The van der Waals surface area contributed by atoms with E-state index in [2.05, 4.69) is 41.9 Å². The number of hydrogen-bond acceptors (Lipinski definition) is 4. The SMILES string of the molecule is Cc1ccc(C(=O)N2CCNCC2)cc1C(NC(=O)C1Cc2cccc(C)c2N1)C1CC1. The van der Waals surface area contributed by atoms with Crippen LogP contribution in [0.1, 0.15) is 51.5 Å². The van der Waals surface area contributed by atoms with Crippen molar-refractivity contribution < 1.29 is 9.59 Å². The van der Waals surface area contributed by atoms with E-state index < -0.39 is 0 Å². The largest absolute Gasteiger partial charge is 0.373 e. The van der Waals surface area contributed by atoms with Gasteiger partial charge in [0.2, 0.25) is 5.91 Å². The van der Waals surface area contributed by atoms with Crippen LogP contribution in [0.4, 0.5) is 5.69 Å². The Morgan fingerprint density at radius 3 is 2.56 bits per heavy atom. The van der Waals surface area contributed by atoms with Gasteiger partial charge in [-0.05, 0) is 67.0 Å². The summed E-state index contributed by atoms with van der Waals surface area (Å²) in [5.41, 5.74) is 6.38. The Morgan fingerprint density at radius 2 is 1.84 bits per heavy atom. The lowest BCUT2D eigenvalue weighted by atomic mass is 9.94. The summed E-state index contributed by atoms with van der Waals surface area (Å²) in [5, 5.41) is 10.1. The van der Waals surface area contributed by atoms with Gasteiger partial charge in [0.05, 0.1) is 6.04 Å². The standard InChI is InChI=1S/C26H32N4O2/c1-16-6-7-20(26(32)30-12-10-27-11-13-30)14-21(16)24(18-8-9-18)29-25(31)22-15-19-5-3-4-17(2)23(19)28-22/h3-7,14,18,22,24,27-28H,8-13,15H2,1-2H3,(H,29,31). The van der Waals surface area contributed by atoms with Gasteiger partial charge in [-0.15, -0.1) is 0 Å². The third-order valence-electron chi connectivity index (χ3n) is 7.07. The topological polar surface area (TPSA) is 73.5 Å². The van der Waals surface area contributed by atoms with Gasteiger partial charge in [0.25, 0.3) is 5.91 Å². The van der Waals surface area contributed by atoms with E-state index in [0.29, 0.717) is 12.3 Å². The molecule has 3 N–H and O–H groups in total. The maximum atomic E-state index is 13.3. The van der Waals surface area contributed by atoms with Crippen LogP contribution in [0.3, 0.4) is 0 Å². The van der Waals surface area contributed by atoms with Gasteiger partial charge in [-0.2, -0.15) is 0 Å². The quantitative estimate of drug-likeness (QED) is 0.679. The zero-order valence-corrected chi connectivity index (χ0v) is 18.9. The molecular formula is C26H32N4O2. The molecule has 0 spiro atoms. The highest BCUT2D eigenvalue weighted by molar-refractivity contribution is 5.95. The predicted molar refractivity (Wildman–Crippen MR) is 126 cm³/mol. The van der Waals surface area contributed by atoms with Crippen LogP contribution in [-0.2, 0) is 11.2 Å². The average Bonchev–Trinajstić information content (AvgIpc) is 3.55. The van der Waals surface area contributed by atoms with Crippen molar-refractivity contribution in [3.05, 3.63) is 64.2 Å². The fraction of sp³-hybridized carbons (Fsp3) is 0.462. The van der Waals surface area contributed by atoms with Gasteiger partial charge in [0.1, 0.15) is 6.04 Å². The van der Waals surface area contributed by atoms with E-state index in [4.69, 9.17) is 0 Å². The highest BCUT2D eigenvalue weighted by Gasteiger charge is 2.37. The summed E-state index contributed by atoms with van der Waals surface area (Å²) in [6.45, 7) is 7.28. The molecule has 2 aromatic carbocycles. The molecular weight excluding hydrogens is 400 g/mol. The van der Waals surface area contributed by atoms with Crippen molar-refractivity contribution in [3.63, 3.8) is 0 Å². The first-order valence-electron chi connectivity index (χ1n) is 11.8. The summed E-state index contributed by atoms with van der Waals surface area (Å²) in [6.07, 6.45) is 2.93. The van der Waals surface area contributed by atoms with Crippen molar-refractivity contribution >= 4 is 17.5 Å². The van der Waals surface area contributed by atoms with Crippen molar-refractivity contribution in [2.75, 3.05) is 31.5 Å². The molecule has 2 unspecified atom stereocenters. The van der Waals surface area contributed by atoms with E-state index in [1.165, 1.54) is 11.1 Å². The van der Waals surface area contributed by atoms with E-state index in [0.717, 1.165) is 61.4 Å². The van der Waals surface area contributed by atoms with Crippen LogP contribution < -0.4 is 16.0 Å². The summed E-state index contributed by atoms with van der Waals surface area (Å²) in [5.74, 6) is 0.556. The van der Waals surface area contributed by atoms with Crippen molar-refractivity contribution in [2.24, 2.45) is 5.92 Å². The zero-order valence-electron chi connectivity index (χ0n) is 18.9. The molecule has 6 nitrogen and oxygen atoms in total. The Hall–Kier alpha value is -2.86. The van der Waals surface area contributed by atoms with Crippen LogP contribution in [0.25, 0.3) is 0 Å². The third-order valence-corrected chi connectivity index (χ3v) is 7.07. The van der Waals surface area contributed by atoms with E-state index in [-0.39, 0.29) is 23.9 Å². The smallest absolute Gasteiger partial charge is 0.253 e. The van der Waals surface area contributed by atoms with Crippen LogP contribution >= 0.6 is 0 Å². The molecule has 0 bridgehead atoms. The van der Waals surface area contributed by atoms with E-state index in [1.54, 1.807) is 0 Å². The van der Waals surface area contributed by atoms with Gasteiger partial charge >= 0.3 is 0 Å². The molecule has 3 aliphatic rings. The Labute approximate surface area is 189 Å². The van der Waals surface area contributed by atoms with Gasteiger partial charge in [0.15, 0.2) is 0 Å². The second-order valence-electron chi connectivity index (χ2n) is 9.45. The van der Waals surface area contributed by atoms with Gasteiger partial charge < -0.3 is 20.9 Å². The van der Waals surface area contributed by atoms with E-state index in [9.17, 15) is 9.59 Å². The minimum Gasteiger partial charge on any atom is -0.373 e. The highest BCUT2D eigenvalue weighted by atomic mass is 16.2. The molecule has 2 heterocycles. The molecule has 1 aliphatic carbocycles. The number of fused-ring (bicyclic) bond motifs is 1. The maximum Gasteiger partial charge on any atom is 0.253 e. The molecule has 6 heteroatoms. The van der Waals surface area contributed by atoms with Crippen molar-refractivity contribution in [3.8, 4) is 0 Å². The number of piperazine rings is 1. The van der Waals surface area contributed by atoms with Gasteiger partial charge in [0, 0.05) is 43.9 Å². The number of carbonyl (C=O) groups is 2. The number of rotatable bonds is 5. The Bertz CT molecular complexity index is 1040. The van der Waals surface area contributed by atoms with Crippen LogP contribution in [0.2, 0.25) is 0 Å². The summed E-state index contributed by atoms with van der Waals surface area (Å²) in [4.78, 5) is 28.2. The lowest BCUT2D eigenvalue weighted by Gasteiger charge is -2.28. The van der Waals surface area contributed by atoms with E-state index in [1.807, 2.05) is 29.2 Å². The Kier molecular flexibility index (Phi) is 5.64. The number of hydrogen-bond donors (Lipinski definition) is 3. The zero-order chi connectivity index (χ0) is 22.2. The van der Waals surface area contributed by atoms with Crippen molar-refractivity contribution in [1.29, 1.82) is 0 Å². The number of amides is 2. The molecule has 5 rings (SSSR count). The molecule has 2 amide bonds. The number of anilines is 1. The highest BCUT2D eigenvalue weighted by Crippen LogP contribution is 2.42. The Balaban J connectivity index is 1.35. The summed E-state index contributed by atoms with van der Waals surface area (Å²) in [6, 6.07) is 11.9. The van der Waals surface area contributed by atoms with E-state index >= 15 is 0 Å². The average molecular weight is 433 g/mol. The first-order valence-corrected chi connectivity index (χ1v) is 11.8. The van der Waals surface area contributed by atoms with Crippen LogP contribution in [0.5, 0.6) is 0 Å². The second-order valence-corrected chi connectivity index (χ2v) is 9.45. The van der Waals surface area contributed by atoms with Crippen LogP contribution in [0.15, 0.2) is 36.4 Å². The van der Waals surface area contributed by atoms with Crippen LogP contribution in [0, 0.1) is 19.8 Å². The molecule has 168 valence electrons. The van der Waals surface area contributed by atoms with Crippen LogP contribution in [-0.4, -0.2) is 48.9 Å². The molecule has 2 aliphatic heterocycles. The normalized spacial score (nSPS) is 20.9. The maximum absolute atomic E-state index is 13.3. The first kappa shape index (κ1) is 21.0.